The Balaban J connectivity index is 1.99. The van der Waals surface area contributed by atoms with Crippen LogP contribution in [-0.2, 0) is 0 Å². The molecular weight excluding hydrogens is 233 g/mol. The van der Waals surface area contributed by atoms with E-state index in [1.807, 2.05) is 12.1 Å². The van der Waals surface area contributed by atoms with Crippen molar-refractivity contribution in [1.82, 2.24) is 0 Å². The van der Waals surface area contributed by atoms with Gasteiger partial charge in [0.15, 0.2) is 0 Å². The molecule has 0 aliphatic heterocycles. The van der Waals surface area contributed by atoms with E-state index in [4.69, 9.17) is 28.3 Å². The van der Waals surface area contributed by atoms with Crippen LogP contribution in [0.5, 0.6) is 0 Å². The van der Waals surface area contributed by atoms with Crippen LogP contribution in [0.25, 0.3) is 0 Å². The summed E-state index contributed by atoms with van der Waals surface area (Å²) in [5.74, 6) is 0. The lowest BCUT2D eigenvalue weighted by Gasteiger charge is -2.14. The first-order valence-corrected chi connectivity index (χ1v) is 5.70. The Morgan fingerprint density at radius 1 is 1.20 bits per heavy atom. The highest BCUT2D eigenvalue weighted by atomic mass is 35.5. The summed E-state index contributed by atoms with van der Waals surface area (Å²) in [5.41, 5.74) is 1.00. The average Bonchev–Trinajstić information content (AvgIpc) is 2.94. The van der Waals surface area contributed by atoms with Crippen LogP contribution in [0.3, 0.4) is 0 Å². The zero-order valence-corrected chi connectivity index (χ0v) is 9.78. The summed E-state index contributed by atoms with van der Waals surface area (Å²) in [6.07, 6.45) is 2.18. The maximum Gasteiger partial charge on any atom is 0.0504 e. The number of hydrogen-bond donors (Lipinski definition) is 2. The normalized spacial score (nSPS) is 17.5. The number of halogens is 2. The fourth-order valence-electron chi connectivity index (χ4n) is 1.51. The largest absolute Gasteiger partial charge is 0.396 e. The molecule has 4 heteroatoms. The van der Waals surface area contributed by atoms with Crippen molar-refractivity contribution in [2.45, 2.75) is 12.8 Å². The van der Waals surface area contributed by atoms with Crippen LogP contribution in [-0.4, -0.2) is 18.3 Å². The highest BCUT2D eigenvalue weighted by molar-refractivity contribution is 6.35. The first-order valence-electron chi connectivity index (χ1n) is 4.94. The second-order valence-electron chi connectivity index (χ2n) is 4.17. The van der Waals surface area contributed by atoms with Gasteiger partial charge in [-0.15, -0.1) is 0 Å². The Bertz CT molecular complexity index is 343. The smallest absolute Gasteiger partial charge is 0.0504 e. The van der Waals surface area contributed by atoms with E-state index in [0.717, 1.165) is 25.1 Å². The Morgan fingerprint density at radius 3 is 2.27 bits per heavy atom. The van der Waals surface area contributed by atoms with E-state index in [0.29, 0.717) is 10.0 Å². The van der Waals surface area contributed by atoms with Crippen LogP contribution in [0.4, 0.5) is 5.69 Å². The van der Waals surface area contributed by atoms with Gasteiger partial charge in [0.2, 0.25) is 0 Å². The van der Waals surface area contributed by atoms with E-state index in [9.17, 15) is 0 Å². The molecule has 0 aromatic heterocycles. The number of rotatable bonds is 4. The molecule has 0 heterocycles. The average molecular weight is 246 g/mol. The van der Waals surface area contributed by atoms with E-state index in [-0.39, 0.29) is 12.0 Å². The molecule has 1 aliphatic carbocycles. The van der Waals surface area contributed by atoms with Crippen LogP contribution in [0.2, 0.25) is 10.0 Å². The van der Waals surface area contributed by atoms with E-state index >= 15 is 0 Å². The van der Waals surface area contributed by atoms with Crippen LogP contribution >= 0.6 is 23.2 Å². The summed E-state index contributed by atoms with van der Waals surface area (Å²) >= 11 is 11.8. The third-order valence-corrected chi connectivity index (χ3v) is 3.26. The molecule has 0 radical (unpaired) electrons. The predicted molar refractivity (Wildman–Crippen MR) is 63.7 cm³/mol. The van der Waals surface area contributed by atoms with Crippen molar-refractivity contribution in [2.75, 3.05) is 18.5 Å². The number of anilines is 1. The lowest BCUT2D eigenvalue weighted by atomic mass is 10.1. The summed E-state index contributed by atoms with van der Waals surface area (Å²) in [7, 11) is 0. The number of hydrogen-bond acceptors (Lipinski definition) is 2. The van der Waals surface area contributed by atoms with Crippen molar-refractivity contribution in [3.05, 3.63) is 28.2 Å². The summed E-state index contributed by atoms with van der Waals surface area (Å²) in [4.78, 5) is 0. The van der Waals surface area contributed by atoms with Gasteiger partial charge >= 0.3 is 0 Å². The molecule has 15 heavy (non-hydrogen) atoms. The molecule has 82 valence electrons. The third-order valence-electron chi connectivity index (χ3n) is 2.82. The quantitative estimate of drug-likeness (QED) is 0.855. The zero-order chi connectivity index (χ0) is 10.9. The fraction of sp³-hybridized carbons (Fsp3) is 0.455. The van der Waals surface area contributed by atoms with Gasteiger partial charge in [-0.2, -0.15) is 0 Å². The Hall–Kier alpha value is -0.440. The second kappa shape index (κ2) is 4.20. The predicted octanol–water partition coefficient (Wildman–Crippen LogP) is 3.18. The van der Waals surface area contributed by atoms with Gasteiger partial charge in [0.1, 0.15) is 0 Å². The molecule has 1 saturated carbocycles. The standard InChI is InChI=1S/C11H13Cl2NO/c12-8-3-9(13)5-10(4-8)14-6-11(7-15)1-2-11/h3-5,14-15H,1-2,6-7H2. The fourth-order valence-corrected chi connectivity index (χ4v) is 2.04. The highest BCUT2D eigenvalue weighted by Crippen LogP contribution is 2.45. The lowest BCUT2D eigenvalue weighted by molar-refractivity contribution is 0.220. The zero-order valence-electron chi connectivity index (χ0n) is 8.26. The molecule has 2 N–H and O–H groups in total. The molecule has 0 amide bonds. The maximum atomic E-state index is 9.15. The van der Waals surface area contributed by atoms with Gasteiger partial charge in [0, 0.05) is 27.7 Å². The molecular formula is C11H13Cl2NO. The minimum absolute atomic E-state index is 0.0921. The number of aliphatic hydroxyl groups excluding tert-OH is 1. The van der Waals surface area contributed by atoms with Gasteiger partial charge in [-0.25, -0.2) is 0 Å². The molecule has 2 nitrogen and oxygen atoms in total. The monoisotopic (exact) mass is 245 g/mol. The molecule has 1 fully saturated rings. The van der Waals surface area contributed by atoms with Gasteiger partial charge in [-0.05, 0) is 31.0 Å². The SMILES string of the molecule is OCC1(CNc2cc(Cl)cc(Cl)c2)CC1. The number of aliphatic hydroxyl groups is 1. The highest BCUT2D eigenvalue weighted by Gasteiger charge is 2.41. The molecule has 1 aliphatic rings. The van der Waals surface area contributed by atoms with Gasteiger partial charge in [-0.1, -0.05) is 23.2 Å². The molecule has 0 spiro atoms. The van der Waals surface area contributed by atoms with Crippen molar-refractivity contribution in [2.24, 2.45) is 5.41 Å². The molecule has 1 aromatic rings. The number of benzene rings is 1. The Morgan fingerprint density at radius 2 is 1.80 bits per heavy atom. The summed E-state index contributed by atoms with van der Waals surface area (Å²) in [5, 5.41) is 13.7. The van der Waals surface area contributed by atoms with E-state index in [1.54, 1.807) is 6.07 Å². The number of nitrogens with one attached hydrogen (secondary N) is 1. The molecule has 1 aromatic carbocycles. The van der Waals surface area contributed by atoms with Crippen LogP contribution < -0.4 is 5.32 Å². The van der Waals surface area contributed by atoms with Crippen LogP contribution in [0, 0.1) is 5.41 Å². The summed E-state index contributed by atoms with van der Waals surface area (Å²) in [6, 6.07) is 5.37. The van der Waals surface area contributed by atoms with Gasteiger partial charge < -0.3 is 10.4 Å². The molecule has 0 saturated heterocycles. The maximum absolute atomic E-state index is 9.15. The lowest BCUT2D eigenvalue weighted by Crippen LogP contribution is -2.18. The van der Waals surface area contributed by atoms with E-state index in [1.165, 1.54) is 0 Å². The Kier molecular flexibility index (Phi) is 3.10. The second-order valence-corrected chi connectivity index (χ2v) is 5.04. The minimum atomic E-state index is 0.0921. The van der Waals surface area contributed by atoms with Crippen LogP contribution in [0.1, 0.15) is 12.8 Å². The van der Waals surface area contributed by atoms with Crippen LogP contribution in [0.15, 0.2) is 18.2 Å². The van der Waals surface area contributed by atoms with Crippen molar-refractivity contribution in [1.29, 1.82) is 0 Å². The Labute approximate surface area is 99.2 Å². The summed E-state index contributed by atoms with van der Waals surface area (Å²) in [6.45, 7) is 1.02. The van der Waals surface area contributed by atoms with Crippen molar-refractivity contribution in [3.8, 4) is 0 Å². The third kappa shape index (κ3) is 2.77. The van der Waals surface area contributed by atoms with Gasteiger partial charge in [0.25, 0.3) is 0 Å². The van der Waals surface area contributed by atoms with Crippen molar-refractivity contribution >= 4 is 28.9 Å². The molecule has 2 rings (SSSR count). The summed E-state index contributed by atoms with van der Waals surface area (Å²) < 4.78 is 0. The topological polar surface area (TPSA) is 32.3 Å². The molecule has 0 unspecified atom stereocenters. The van der Waals surface area contributed by atoms with Crippen molar-refractivity contribution < 1.29 is 5.11 Å². The van der Waals surface area contributed by atoms with Gasteiger partial charge in [-0.3, -0.25) is 0 Å². The molecule has 0 bridgehead atoms. The van der Waals surface area contributed by atoms with Crippen molar-refractivity contribution in [3.63, 3.8) is 0 Å². The minimum Gasteiger partial charge on any atom is -0.396 e. The van der Waals surface area contributed by atoms with E-state index in [2.05, 4.69) is 5.32 Å². The first kappa shape index (κ1) is 11.1. The molecule has 0 atom stereocenters. The first-order chi connectivity index (χ1) is 7.13. The van der Waals surface area contributed by atoms with Gasteiger partial charge in [0.05, 0.1) is 6.61 Å². The van der Waals surface area contributed by atoms with E-state index < -0.39 is 0 Å².